The van der Waals surface area contributed by atoms with Crippen molar-refractivity contribution < 1.29 is 73.5 Å². The topological polar surface area (TPSA) is 386 Å². The number of carbonyl (C=O) groups excluding carboxylic acids is 6. The summed E-state index contributed by atoms with van der Waals surface area (Å²) < 4.78 is 0. The molecule has 3 rings (SSSR count). The molecule has 1 aromatic heterocycles. The summed E-state index contributed by atoms with van der Waals surface area (Å²) in [7, 11) is 0. The number of nitrogens with one attached hydrogen (secondary N) is 7. The summed E-state index contributed by atoms with van der Waals surface area (Å²) >= 11 is 0. The van der Waals surface area contributed by atoms with Crippen molar-refractivity contribution in [3.63, 3.8) is 0 Å². The van der Waals surface area contributed by atoms with Crippen molar-refractivity contribution in [2.45, 2.75) is 113 Å². The van der Waals surface area contributed by atoms with Crippen LogP contribution in [-0.2, 0) is 60.8 Å². The van der Waals surface area contributed by atoms with E-state index in [4.69, 9.17) is 15.9 Å². The van der Waals surface area contributed by atoms with Crippen LogP contribution in [-0.4, -0.2) is 139 Å². The Balaban J connectivity index is 1.92. The molecule has 0 aliphatic carbocycles. The number of hydrogen-bond acceptors (Lipinski definition) is 12. The summed E-state index contributed by atoms with van der Waals surface area (Å²) in [6.45, 7) is 0.551. The number of aliphatic hydroxyl groups is 1. The van der Waals surface area contributed by atoms with Crippen LogP contribution in [0.25, 0.3) is 10.9 Å². The van der Waals surface area contributed by atoms with E-state index in [1.54, 1.807) is 67.7 Å². The number of carbonyl (C=O) groups is 10. The molecule has 0 aliphatic heterocycles. The van der Waals surface area contributed by atoms with E-state index in [0.717, 1.165) is 10.9 Å². The van der Waals surface area contributed by atoms with Crippen LogP contribution in [0.4, 0.5) is 0 Å². The Morgan fingerprint density at radius 2 is 0.939 bits per heavy atom. The second kappa shape index (κ2) is 26.4. The number of aliphatic carboxylic acids is 4. The third kappa shape index (κ3) is 18.0. The van der Waals surface area contributed by atoms with Gasteiger partial charge >= 0.3 is 23.9 Å². The number of aromatic amines is 1. The van der Waals surface area contributed by atoms with Gasteiger partial charge in [0.25, 0.3) is 0 Å². The van der Waals surface area contributed by atoms with Crippen LogP contribution in [0.15, 0.2) is 60.8 Å². The maximum Gasteiger partial charge on any atom is 0.303 e. The monoisotopic (exact) mass is 924 g/mol. The predicted octanol–water partition coefficient (Wildman–Crippen LogP) is -1.34. The fourth-order valence-corrected chi connectivity index (χ4v) is 6.59. The SMILES string of the molecule is C[C@H](CCC(=O)O)NC(=O)[C@H](Cc1c[nH]c2ccccc12)NC(=O)[C@H](CCC(=O)O)NC(=O)[C@H](Cc1ccccc1)NC(=O)[C@H](CCC(=O)O)NC(=O)[C@H](CO)NC(=O)[C@@H](N)CCC(=O)O. The van der Waals surface area contributed by atoms with Crippen LogP contribution in [0.2, 0.25) is 0 Å². The van der Waals surface area contributed by atoms with E-state index in [0.29, 0.717) is 11.1 Å². The fraction of sp³-hybridized carbons (Fsp3) is 0.442. The number of aliphatic hydroxyl groups excluding tert-OH is 1. The van der Waals surface area contributed by atoms with E-state index in [2.05, 4.69) is 36.9 Å². The van der Waals surface area contributed by atoms with Gasteiger partial charge in [0.05, 0.1) is 12.6 Å². The number of nitrogens with two attached hydrogens (primary N) is 1. The highest BCUT2D eigenvalue weighted by Gasteiger charge is 2.34. The van der Waals surface area contributed by atoms with Crippen molar-refractivity contribution in [1.29, 1.82) is 0 Å². The molecule has 0 spiro atoms. The lowest BCUT2D eigenvalue weighted by molar-refractivity contribution is -0.139. The summed E-state index contributed by atoms with van der Waals surface area (Å²) in [6, 6.07) is 5.24. The largest absolute Gasteiger partial charge is 0.481 e. The zero-order valence-corrected chi connectivity index (χ0v) is 36.0. The lowest BCUT2D eigenvalue weighted by Gasteiger charge is -2.27. The molecular weight excluding hydrogens is 869 g/mol. The first-order valence-corrected chi connectivity index (χ1v) is 20.9. The summed E-state index contributed by atoms with van der Waals surface area (Å²) in [4.78, 5) is 130. The number of H-pyrrole nitrogens is 1. The van der Waals surface area contributed by atoms with Gasteiger partial charge in [-0.1, -0.05) is 48.5 Å². The second-order valence-electron chi connectivity index (χ2n) is 15.5. The molecule has 2 aromatic carbocycles. The number of hydrogen-bond donors (Lipinski definition) is 13. The first kappa shape index (κ1) is 52.9. The second-order valence-corrected chi connectivity index (χ2v) is 15.5. The third-order valence-electron chi connectivity index (χ3n) is 10.2. The maximum absolute atomic E-state index is 14.2. The number of aromatic nitrogens is 1. The summed E-state index contributed by atoms with van der Waals surface area (Å²) in [5.41, 5.74) is 7.52. The molecule has 0 radical (unpaired) electrons. The Kier molecular flexibility index (Phi) is 21.2. The quantitative estimate of drug-likeness (QED) is 0.0383. The van der Waals surface area contributed by atoms with E-state index in [-0.39, 0.29) is 32.1 Å². The van der Waals surface area contributed by atoms with Crippen molar-refractivity contribution in [2.24, 2.45) is 5.73 Å². The van der Waals surface area contributed by atoms with Gasteiger partial charge in [-0.2, -0.15) is 0 Å². The average Bonchev–Trinajstić information content (AvgIpc) is 3.68. The van der Waals surface area contributed by atoms with Crippen molar-refractivity contribution in [3.05, 3.63) is 71.9 Å². The van der Waals surface area contributed by atoms with E-state index in [1.807, 2.05) is 0 Å². The van der Waals surface area contributed by atoms with Crippen LogP contribution < -0.4 is 37.6 Å². The standard InChI is InChI=1S/C43H56N8O15/c1-23(11-15-34(53)54)46-41(64)32(20-25-21-45-28-10-6-5-9-26(25)28)50-40(63)29(13-17-36(57)58)47-42(65)31(19-24-7-3-2-4-8-24)49-39(62)30(14-18-37(59)60)48-43(66)33(22-52)51-38(61)27(44)12-16-35(55)56/h2-10,21,23,27,29-33,45,52H,11-20,22,44H2,1H3,(H,46,64)(H,47,65)(H,48,66)(H,49,62)(H,50,63)(H,51,61)(H,53,54)(H,55,56)(H,57,58)(H,59,60)/t23-,27+,29+,30+,31+,32+,33+/m1/s1. The maximum atomic E-state index is 14.2. The van der Waals surface area contributed by atoms with Gasteiger partial charge in [0.1, 0.15) is 30.2 Å². The molecule has 0 saturated carbocycles. The Labute approximate surface area is 377 Å². The minimum atomic E-state index is -1.74. The van der Waals surface area contributed by atoms with Crippen molar-refractivity contribution in [1.82, 2.24) is 36.9 Å². The van der Waals surface area contributed by atoms with Crippen LogP contribution in [0.3, 0.4) is 0 Å². The van der Waals surface area contributed by atoms with E-state index in [9.17, 15) is 63.3 Å². The van der Waals surface area contributed by atoms with Gasteiger partial charge in [-0.15, -0.1) is 0 Å². The Morgan fingerprint density at radius 3 is 1.48 bits per heavy atom. The molecule has 0 saturated heterocycles. The first-order chi connectivity index (χ1) is 31.3. The number of rotatable bonds is 29. The average molecular weight is 925 g/mol. The minimum absolute atomic E-state index is 0.0605. The predicted molar refractivity (Wildman–Crippen MR) is 232 cm³/mol. The van der Waals surface area contributed by atoms with Gasteiger partial charge in [-0.3, -0.25) is 47.9 Å². The van der Waals surface area contributed by atoms with Gasteiger partial charge in [-0.25, -0.2) is 0 Å². The van der Waals surface area contributed by atoms with Crippen LogP contribution in [0.1, 0.15) is 69.4 Å². The van der Waals surface area contributed by atoms with Crippen LogP contribution >= 0.6 is 0 Å². The zero-order valence-electron chi connectivity index (χ0n) is 36.0. The zero-order chi connectivity index (χ0) is 48.9. The molecule has 23 heteroatoms. The van der Waals surface area contributed by atoms with Gasteiger partial charge in [0.2, 0.25) is 35.4 Å². The summed E-state index contributed by atoms with van der Waals surface area (Å²) in [6.07, 6.45) is -2.10. The molecule has 0 fully saturated rings. The summed E-state index contributed by atoms with van der Waals surface area (Å²) in [5.74, 6) is -11.1. The molecule has 0 bridgehead atoms. The molecule has 358 valence electrons. The molecule has 1 heterocycles. The number of fused-ring (bicyclic) bond motifs is 1. The number of para-hydroxylation sites is 1. The molecule has 14 N–H and O–H groups in total. The van der Waals surface area contributed by atoms with E-state index >= 15 is 0 Å². The van der Waals surface area contributed by atoms with E-state index < -0.39 is 140 Å². The molecule has 23 nitrogen and oxygen atoms in total. The van der Waals surface area contributed by atoms with Crippen molar-refractivity contribution in [2.75, 3.05) is 6.61 Å². The Hall–Kier alpha value is -7.40. The normalized spacial score (nSPS) is 14.2. The molecule has 6 amide bonds. The number of carboxylic acid groups (broad SMARTS) is 4. The van der Waals surface area contributed by atoms with Crippen LogP contribution in [0.5, 0.6) is 0 Å². The molecule has 0 aliphatic rings. The lowest BCUT2D eigenvalue weighted by atomic mass is 10.0. The van der Waals surface area contributed by atoms with Gasteiger partial charge in [-0.05, 0) is 49.8 Å². The Bertz CT molecular complexity index is 2200. The third-order valence-corrected chi connectivity index (χ3v) is 10.2. The molecule has 3 aromatic rings. The molecular formula is C43H56N8O15. The number of benzene rings is 2. The smallest absolute Gasteiger partial charge is 0.303 e. The molecule has 0 unspecified atom stereocenters. The first-order valence-electron chi connectivity index (χ1n) is 20.9. The summed E-state index contributed by atoms with van der Waals surface area (Å²) in [5, 5.41) is 62.3. The minimum Gasteiger partial charge on any atom is -0.481 e. The van der Waals surface area contributed by atoms with Crippen LogP contribution in [0, 0.1) is 0 Å². The van der Waals surface area contributed by atoms with Crippen molar-refractivity contribution in [3.8, 4) is 0 Å². The lowest BCUT2D eigenvalue weighted by Crippen LogP contribution is -2.60. The molecule has 66 heavy (non-hydrogen) atoms. The van der Waals surface area contributed by atoms with Gasteiger partial charge in [0, 0.05) is 61.7 Å². The number of amides is 6. The Morgan fingerprint density at radius 1 is 0.515 bits per heavy atom. The molecule has 7 atom stereocenters. The highest BCUT2D eigenvalue weighted by Crippen LogP contribution is 2.20. The van der Waals surface area contributed by atoms with Gasteiger partial charge < -0.3 is 68.2 Å². The highest BCUT2D eigenvalue weighted by atomic mass is 16.4. The highest BCUT2D eigenvalue weighted by molar-refractivity contribution is 5.97. The van der Waals surface area contributed by atoms with E-state index in [1.165, 1.54) is 0 Å². The number of carboxylic acids is 4. The van der Waals surface area contributed by atoms with Crippen molar-refractivity contribution >= 4 is 70.2 Å². The fourth-order valence-electron chi connectivity index (χ4n) is 6.59. The van der Waals surface area contributed by atoms with Gasteiger partial charge in [0.15, 0.2) is 0 Å².